The molecule has 1 rings (SSSR count). The molecule has 1 aromatic heterocycles. The molecular weight excluding hydrogens is 260 g/mol. The second-order valence-corrected chi connectivity index (χ2v) is 6.18. The van der Waals surface area contributed by atoms with Crippen molar-refractivity contribution in [1.82, 2.24) is 19.8 Å². The lowest BCUT2D eigenvalue weighted by Gasteiger charge is -2.43. The fourth-order valence-electron chi connectivity index (χ4n) is 3.23. The van der Waals surface area contributed by atoms with E-state index in [1.165, 1.54) is 5.82 Å². The van der Waals surface area contributed by atoms with E-state index in [2.05, 4.69) is 67.5 Å². The van der Waals surface area contributed by atoms with Crippen molar-refractivity contribution in [2.24, 2.45) is 0 Å². The summed E-state index contributed by atoms with van der Waals surface area (Å²) in [4.78, 5) is 7.12. The lowest BCUT2D eigenvalue weighted by molar-refractivity contribution is 0.0906. The molecular formula is C17H34N4. The highest BCUT2D eigenvalue weighted by atomic mass is 15.2. The molecule has 1 atom stereocenters. The minimum atomic E-state index is 0.114. The van der Waals surface area contributed by atoms with Crippen LogP contribution in [0, 0.1) is 0 Å². The molecule has 0 aliphatic heterocycles. The van der Waals surface area contributed by atoms with Crippen LogP contribution in [0.3, 0.4) is 0 Å². The Balaban J connectivity index is 2.92. The van der Waals surface area contributed by atoms with Gasteiger partial charge in [0.15, 0.2) is 0 Å². The van der Waals surface area contributed by atoms with Crippen LogP contribution >= 0.6 is 0 Å². The van der Waals surface area contributed by atoms with Gasteiger partial charge in [-0.1, -0.05) is 27.7 Å². The van der Waals surface area contributed by atoms with Gasteiger partial charge in [0.05, 0.1) is 0 Å². The Morgan fingerprint density at radius 1 is 1.24 bits per heavy atom. The Kier molecular flexibility index (Phi) is 7.40. The molecule has 1 N–H and O–H groups in total. The number of imidazole rings is 1. The Morgan fingerprint density at radius 3 is 2.43 bits per heavy atom. The zero-order valence-electron chi connectivity index (χ0n) is 14.8. The minimum Gasteiger partial charge on any atom is -0.335 e. The predicted octanol–water partition coefficient (Wildman–Crippen LogP) is 2.93. The van der Waals surface area contributed by atoms with Gasteiger partial charge in [-0.15, -0.1) is 0 Å². The number of likely N-dealkylation sites (N-methyl/N-ethyl adjacent to an activating group) is 2. The second-order valence-electron chi connectivity index (χ2n) is 6.18. The largest absolute Gasteiger partial charge is 0.335 e. The zero-order valence-corrected chi connectivity index (χ0v) is 14.8. The highest BCUT2D eigenvalue weighted by Gasteiger charge is 2.34. The molecule has 21 heavy (non-hydrogen) atoms. The van der Waals surface area contributed by atoms with Crippen LogP contribution in [-0.4, -0.2) is 45.7 Å². The maximum atomic E-state index is 4.59. The zero-order chi connectivity index (χ0) is 15.9. The highest BCUT2D eigenvalue weighted by Crippen LogP contribution is 2.22. The molecule has 0 aliphatic carbocycles. The summed E-state index contributed by atoms with van der Waals surface area (Å²) in [5.74, 6) is 1.20. The highest BCUT2D eigenvalue weighted by molar-refractivity contribution is 5.02. The molecule has 1 unspecified atom stereocenters. The van der Waals surface area contributed by atoms with E-state index >= 15 is 0 Å². The van der Waals surface area contributed by atoms with E-state index in [9.17, 15) is 0 Å². The molecule has 0 amide bonds. The summed E-state index contributed by atoms with van der Waals surface area (Å²) in [5, 5.41) is 3.68. The maximum absolute atomic E-state index is 4.59. The van der Waals surface area contributed by atoms with E-state index in [-0.39, 0.29) is 5.54 Å². The predicted molar refractivity (Wildman–Crippen MR) is 90.7 cm³/mol. The number of rotatable bonds is 10. The molecule has 0 radical (unpaired) electrons. The summed E-state index contributed by atoms with van der Waals surface area (Å²) < 4.78 is 2.29. The smallest absolute Gasteiger partial charge is 0.110 e. The summed E-state index contributed by atoms with van der Waals surface area (Å²) in [6.45, 7) is 17.8. The van der Waals surface area contributed by atoms with Gasteiger partial charge in [-0.2, -0.15) is 0 Å². The monoisotopic (exact) mass is 294 g/mol. The third-order valence-electron chi connectivity index (χ3n) is 4.53. The molecule has 1 aromatic rings. The summed E-state index contributed by atoms with van der Waals surface area (Å²) in [6.07, 6.45) is 6.16. The molecule has 0 saturated heterocycles. The lowest BCUT2D eigenvalue weighted by atomic mass is 9.89. The van der Waals surface area contributed by atoms with Crippen LogP contribution in [0.5, 0.6) is 0 Å². The topological polar surface area (TPSA) is 33.1 Å². The molecule has 0 aliphatic rings. The van der Waals surface area contributed by atoms with Crippen molar-refractivity contribution in [2.45, 2.75) is 72.5 Å². The fourth-order valence-corrected chi connectivity index (χ4v) is 3.23. The molecule has 4 heteroatoms. The van der Waals surface area contributed by atoms with Crippen LogP contribution in [0.25, 0.3) is 0 Å². The van der Waals surface area contributed by atoms with Crippen LogP contribution in [-0.2, 0) is 13.0 Å². The van der Waals surface area contributed by atoms with E-state index in [4.69, 9.17) is 0 Å². The lowest BCUT2D eigenvalue weighted by Crippen LogP contribution is -2.58. The van der Waals surface area contributed by atoms with Gasteiger partial charge in [-0.3, -0.25) is 4.90 Å². The molecule has 1 heterocycles. The van der Waals surface area contributed by atoms with Crippen molar-refractivity contribution < 1.29 is 0 Å². The molecule has 0 spiro atoms. The standard InChI is InChI=1S/C17H34N4/c1-7-12-20-13-11-19-16(20)14-15(18-8-2)17(5,6)21(9-3)10-4/h11,13,15,18H,7-10,12,14H2,1-6H3. The van der Waals surface area contributed by atoms with Gasteiger partial charge in [0, 0.05) is 36.9 Å². The third-order valence-corrected chi connectivity index (χ3v) is 4.53. The van der Waals surface area contributed by atoms with E-state index in [1.807, 2.05) is 6.20 Å². The second kappa shape index (κ2) is 8.54. The Morgan fingerprint density at radius 2 is 1.90 bits per heavy atom. The first-order valence-electron chi connectivity index (χ1n) is 8.49. The van der Waals surface area contributed by atoms with Gasteiger partial charge in [-0.25, -0.2) is 4.98 Å². The van der Waals surface area contributed by atoms with Crippen LogP contribution in [0.4, 0.5) is 0 Å². The molecule has 4 nitrogen and oxygen atoms in total. The Labute approximate surface area is 130 Å². The number of nitrogens with zero attached hydrogens (tertiary/aromatic N) is 3. The molecule has 122 valence electrons. The van der Waals surface area contributed by atoms with Gasteiger partial charge >= 0.3 is 0 Å². The average molecular weight is 294 g/mol. The van der Waals surface area contributed by atoms with E-state index in [1.54, 1.807) is 0 Å². The minimum absolute atomic E-state index is 0.114. The van der Waals surface area contributed by atoms with Gasteiger partial charge in [0.25, 0.3) is 0 Å². The summed E-state index contributed by atoms with van der Waals surface area (Å²) in [5.41, 5.74) is 0.114. The molecule has 0 saturated carbocycles. The van der Waals surface area contributed by atoms with Crippen molar-refractivity contribution in [1.29, 1.82) is 0 Å². The van der Waals surface area contributed by atoms with E-state index in [0.717, 1.165) is 39.0 Å². The third kappa shape index (κ3) is 4.55. The summed E-state index contributed by atoms with van der Waals surface area (Å²) >= 11 is 0. The van der Waals surface area contributed by atoms with Gasteiger partial charge < -0.3 is 9.88 Å². The van der Waals surface area contributed by atoms with Crippen molar-refractivity contribution in [3.05, 3.63) is 18.2 Å². The fraction of sp³-hybridized carbons (Fsp3) is 0.824. The Hall–Kier alpha value is -0.870. The normalized spacial score (nSPS) is 13.9. The van der Waals surface area contributed by atoms with Crippen molar-refractivity contribution in [2.75, 3.05) is 19.6 Å². The molecule has 0 fully saturated rings. The summed E-state index contributed by atoms with van der Waals surface area (Å²) in [6, 6.07) is 0.403. The molecule has 0 aromatic carbocycles. The first kappa shape index (κ1) is 18.2. The number of aryl methyl sites for hydroxylation is 1. The van der Waals surface area contributed by atoms with Crippen molar-refractivity contribution in [3.63, 3.8) is 0 Å². The SMILES string of the molecule is CCCn1ccnc1CC(NCC)C(C)(C)N(CC)CC. The maximum Gasteiger partial charge on any atom is 0.110 e. The van der Waals surface area contributed by atoms with Crippen molar-refractivity contribution >= 4 is 0 Å². The Bertz CT molecular complexity index is 393. The number of hydrogen-bond donors (Lipinski definition) is 1. The number of aromatic nitrogens is 2. The van der Waals surface area contributed by atoms with Crippen LogP contribution < -0.4 is 5.32 Å². The van der Waals surface area contributed by atoms with Gasteiger partial charge in [0.2, 0.25) is 0 Å². The quantitative estimate of drug-likeness (QED) is 0.720. The number of hydrogen-bond acceptors (Lipinski definition) is 3. The van der Waals surface area contributed by atoms with E-state index < -0.39 is 0 Å². The van der Waals surface area contributed by atoms with Crippen LogP contribution in [0.1, 0.15) is 53.8 Å². The van der Waals surface area contributed by atoms with Crippen LogP contribution in [0.2, 0.25) is 0 Å². The van der Waals surface area contributed by atoms with Gasteiger partial charge in [-0.05, 0) is 39.9 Å². The van der Waals surface area contributed by atoms with Crippen molar-refractivity contribution in [3.8, 4) is 0 Å². The average Bonchev–Trinajstić information content (AvgIpc) is 2.87. The number of nitrogens with one attached hydrogen (secondary N) is 1. The summed E-state index contributed by atoms with van der Waals surface area (Å²) in [7, 11) is 0. The first-order valence-corrected chi connectivity index (χ1v) is 8.49. The first-order chi connectivity index (χ1) is 10.0. The van der Waals surface area contributed by atoms with E-state index in [0.29, 0.717) is 6.04 Å². The van der Waals surface area contributed by atoms with Gasteiger partial charge in [0.1, 0.15) is 5.82 Å². The van der Waals surface area contributed by atoms with Crippen LogP contribution in [0.15, 0.2) is 12.4 Å². The molecule has 0 bridgehead atoms.